The monoisotopic (exact) mass is 241 g/mol. The molecule has 0 atom stereocenters. The van der Waals surface area contributed by atoms with Crippen molar-refractivity contribution in [2.24, 2.45) is 5.10 Å². The highest BCUT2D eigenvalue weighted by Crippen LogP contribution is 1.93. The molecule has 0 unspecified atom stereocenters. The van der Waals surface area contributed by atoms with Gasteiger partial charge in [0.25, 0.3) is 0 Å². The van der Waals surface area contributed by atoms with Crippen molar-refractivity contribution in [3.63, 3.8) is 0 Å². The zero-order valence-corrected chi connectivity index (χ0v) is 9.77. The average molecular weight is 241 g/mol. The Kier molecular flexibility index (Phi) is 4.92. The predicted molar refractivity (Wildman–Crippen MR) is 59.2 cm³/mol. The van der Waals surface area contributed by atoms with E-state index in [4.69, 9.17) is 0 Å². The lowest BCUT2D eigenvalue weighted by Gasteiger charge is -2.01. The topological polar surface area (TPSA) is 106 Å². The Labute approximate surface area is 98.2 Å². The number of unbranched alkanes of at least 4 members (excludes halogenated alkanes) is 1. The van der Waals surface area contributed by atoms with Gasteiger partial charge in [-0.25, -0.2) is 10.2 Å². The van der Waals surface area contributed by atoms with Crippen LogP contribution < -0.4 is 15.6 Å². The number of rotatable bonds is 5. The lowest BCUT2D eigenvalue weighted by Crippen LogP contribution is -2.33. The molecule has 0 radical (unpaired) electrons. The molecule has 1 rings (SSSR count). The number of hydrazone groups is 1. The highest BCUT2D eigenvalue weighted by Gasteiger charge is 2.11. The molecule has 0 saturated heterocycles. The fourth-order valence-electron chi connectivity index (χ4n) is 1.03. The summed E-state index contributed by atoms with van der Waals surface area (Å²) in [4.78, 5) is 11.4. The van der Waals surface area contributed by atoms with E-state index < -0.39 is 6.03 Å². The Balaban J connectivity index is 2.37. The minimum atomic E-state index is -0.416. The first-order chi connectivity index (χ1) is 8.15. The maximum Gasteiger partial charge on any atom is 0.335 e. The number of nitrogens with one attached hydrogen (secondary N) is 2. The fraction of sp³-hybridized carbons (Fsp3) is 0.556. The van der Waals surface area contributed by atoms with E-state index in [0.29, 0.717) is 12.2 Å². The first-order valence-electron chi connectivity index (χ1n) is 5.28. The number of hydrogen-bond donors (Lipinski definition) is 2. The summed E-state index contributed by atoms with van der Waals surface area (Å²) < 4.78 is 4.32. The maximum absolute atomic E-state index is 11.2. The molecule has 1 aromatic rings. The van der Waals surface area contributed by atoms with E-state index in [0.717, 1.165) is 12.8 Å². The van der Waals surface area contributed by atoms with Crippen LogP contribution >= 0.6 is 0 Å². The van der Waals surface area contributed by atoms with Crippen LogP contribution in [0.5, 0.6) is 0 Å². The first kappa shape index (κ1) is 12.9. The van der Waals surface area contributed by atoms with Crippen molar-refractivity contribution in [1.82, 2.24) is 15.9 Å². The van der Waals surface area contributed by atoms with Crippen LogP contribution in [0, 0.1) is 12.1 Å². The average Bonchev–Trinajstić information content (AvgIpc) is 2.61. The van der Waals surface area contributed by atoms with Crippen molar-refractivity contribution in [3.05, 3.63) is 16.6 Å². The molecule has 2 amide bonds. The summed E-state index contributed by atoms with van der Waals surface area (Å²) in [6.07, 6.45) is 3.08. The van der Waals surface area contributed by atoms with Crippen LogP contribution in [-0.4, -0.2) is 23.9 Å². The summed E-state index contributed by atoms with van der Waals surface area (Å²) in [7, 11) is 0. The van der Waals surface area contributed by atoms with Crippen molar-refractivity contribution < 1.29 is 14.3 Å². The van der Waals surface area contributed by atoms with Crippen LogP contribution in [0.2, 0.25) is 0 Å². The lowest BCUT2D eigenvalue weighted by molar-refractivity contribution is -0.803. The Morgan fingerprint density at radius 2 is 2.47 bits per heavy atom. The van der Waals surface area contributed by atoms with Crippen LogP contribution in [0.1, 0.15) is 31.2 Å². The van der Waals surface area contributed by atoms with E-state index >= 15 is 0 Å². The molecule has 0 saturated carbocycles. The third-order valence-electron chi connectivity index (χ3n) is 1.99. The summed E-state index contributed by atoms with van der Waals surface area (Å²) in [5.41, 5.74) is 2.78. The quantitative estimate of drug-likeness (QED) is 0.328. The first-order valence-corrected chi connectivity index (χ1v) is 5.28. The minimum absolute atomic E-state index is 0.152. The SMILES string of the molecule is CCCCNC(=O)N/N=C/c1c(C)no[n+]1[O-]. The van der Waals surface area contributed by atoms with E-state index in [9.17, 15) is 10.0 Å². The normalized spacial score (nSPS) is 10.7. The number of carbonyl (C=O) groups excluding carboxylic acids is 1. The van der Waals surface area contributed by atoms with Gasteiger partial charge in [0.1, 0.15) is 6.21 Å². The van der Waals surface area contributed by atoms with Gasteiger partial charge in [0.2, 0.25) is 11.4 Å². The van der Waals surface area contributed by atoms with Gasteiger partial charge in [-0.3, -0.25) is 4.63 Å². The molecule has 94 valence electrons. The summed E-state index contributed by atoms with van der Waals surface area (Å²) in [5, 5.41) is 20.6. The highest BCUT2D eigenvalue weighted by atomic mass is 16.8. The molecule has 8 nitrogen and oxygen atoms in total. The van der Waals surface area contributed by atoms with E-state index in [2.05, 4.69) is 25.6 Å². The van der Waals surface area contributed by atoms with Crippen LogP contribution in [0.25, 0.3) is 0 Å². The molecule has 0 aromatic carbocycles. The molecule has 0 spiro atoms. The Hall–Kier alpha value is -2.12. The predicted octanol–water partition coefficient (Wildman–Crippen LogP) is 0.0496. The van der Waals surface area contributed by atoms with Gasteiger partial charge in [-0.1, -0.05) is 13.3 Å². The zero-order valence-electron chi connectivity index (χ0n) is 9.77. The summed E-state index contributed by atoms with van der Waals surface area (Å²) in [5.74, 6) is 0. The highest BCUT2D eigenvalue weighted by molar-refractivity contribution is 5.79. The fourth-order valence-corrected chi connectivity index (χ4v) is 1.03. The van der Waals surface area contributed by atoms with E-state index in [1.54, 1.807) is 6.92 Å². The maximum atomic E-state index is 11.2. The van der Waals surface area contributed by atoms with Gasteiger partial charge in [0.15, 0.2) is 0 Å². The largest absolute Gasteiger partial charge is 0.359 e. The van der Waals surface area contributed by atoms with Gasteiger partial charge in [-0.05, 0) is 11.3 Å². The zero-order chi connectivity index (χ0) is 12.7. The number of hydrogen-bond acceptors (Lipinski definition) is 5. The van der Waals surface area contributed by atoms with Crippen LogP contribution in [0.4, 0.5) is 4.79 Å². The van der Waals surface area contributed by atoms with Crippen molar-refractivity contribution in [2.45, 2.75) is 26.7 Å². The Morgan fingerprint density at radius 3 is 3.06 bits per heavy atom. The molecule has 1 heterocycles. The molecule has 0 bridgehead atoms. The van der Waals surface area contributed by atoms with Crippen LogP contribution in [-0.2, 0) is 0 Å². The number of aromatic nitrogens is 2. The summed E-state index contributed by atoms with van der Waals surface area (Å²) in [6.45, 7) is 4.21. The summed E-state index contributed by atoms with van der Waals surface area (Å²) >= 11 is 0. The molecule has 8 heteroatoms. The number of urea groups is 1. The van der Waals surface area contributed by atoms with Gasteiger partial charge in [0.05, 0.1) is 0 Å². The minimum Gasteiger partial charge on any atom is -0.359 e. The number of aryl methyl sites for hydroxylation is 1. The molecule has 2 N–H and O–H groups in total. The standard InChI is InChI=1S/C9H15N5O3/c1-3-4-5-10-9(15)12-11-6-8-7(2)13-17-14(8)16/h6H,3-5H2,1-2H3,(H2,10,12,15)/b11-6+. The second-order valence-corrected chi connectivity index (χ2v) is 3.38. The molecule has 0 aliphatic heterocycles. The molecule has 0 aliphatic rings. The molecule has 0 fully saturated rings. The van der Waals surface area contributed by atoms with E-state index in [-0.39, 0.29) is 10.6 Å². The third kappa shape index (κ3) is 4.09. The molecule has 17 heavy (non-hydrogen) atoms. The van der Waals surface area contributed by atoms with Gasteiger partial charge in [-0.15, -0.1) is 0 Å². The smallest absolute Gasteiger partial charge is 0.335 e. The van der Waals surface area contributed by atoms with Crippen molar-refractivity contribution in [1.29, 1.82) is 0 Å². The molecule has 0 aliphatic carbocycles. The lowest BCUT2D eigenvalue weighted by atomic mass is 10.3. The second kappa shape index (κ2) is 6.46. The van der Waals surface area contributed by atoms with Crippen molar-refractivity contribution >= 4 is 12.2 Å². The van der Waals surface area contributed by atoms with Gasteiger partial charge in [0, 0.05) is 18.6 Å². The number of amides is 2. The Bertz CT molecular complexity index is 382. The molecular formula is C9H15N5O3. The second-order valence-electron chi connectivity index (χ2n) is 3.38. The Morgan fingerprint density at radius 1 is 1.71 bits per heavy atom. The molecular weight excluding hydrogens is 226 g/mol. The van der Waals surface area contributed by atoms with E-state index in [1.807, 2.05) is 6.92 Å². The van der Waals surface area contributed by atoms with Crippen LogP contribution in [0.3, 0.4) is 0 Å². The van der Waals surface area contributed by atoms with Gasteiger partial charge in [-0.2, -0.15) is 5.10 Å². The van der Waals surface area contributed by atoms with E-state index in [1.165, 1.54) is 6.21 Å². The number of carbonyl (C=O) groups is 1. The summed E-state index contributed by atoms with van der Waals surface area (Å²) in [6, 6.07) is -0.416. The van der Waals surface area contributed by atoms with Crippen molar-refractivity contribution in [2.75, 3.05) is 6.54 Å². The molecule has 1 aromatic heterocycles. The third-order valence-corrected chi connectivity index (χ3v) is 1.99. The van der Waals surface area contributed by atoms with Crippen LogP contribution in [0.15, 0.2) is 9.73 Å². The number of nitrogens with zero attached hydrogens (tertiary/aromatic N) is 3. The van der Waals surface area contributed by atoms with Gasteiger partial charge < -0.3 is 10.5 Å². The van der Waals surface area contributed by atoms with Gasteiger partial charge >= 0.3 is 6.03 Å². The van der Waals surface area contributed by atoms with Crippen molar-refractivity contribution in [3.8, 4) is 0 Å².